The molecule has 4 heteroatoms. The Bertz CT molecular complexity index is 649. The van der Waals surface area contributed by atoms with Gasteiger partial charge in [0.25, 0.3) is 0 Å². The lowest BCUT2D eigenvalue weighted by Crippen LogP contribution is -2.18. The summed E-state index contributed by atoms with van der Waals surface area (Å²) in [6, 6.07) is 13.8. The highest BCUT2D eigenvalue weighted by Gasteiger charge is 2.07. The molecule has 2 aromatic carbocycles. The molecule has 0 saturated heterocycles. The predicted molar refractivity (Wildman–Crippen MR) is 79.4 cm³/mol. The Hall–Kier alpha value is -2.05. The van der Waals surface area contributed by atoms with Gasteiger partial charge >= 0.3 is 0 Å². The Morgan fingerprint density at radius 2 is 2.10 bits per heavy atom. The van der Waals surface area contributed by atoms with E-state index >= 15 is 0 Å². The lowest BCUT2D eigenvalue weighted by molar-refractivity contribution is 0.624. The van der Waals surface area contributed by atoms with Crippen molar-refractivity contribution in [2.75, 3.05) is 5.32 Å². The molecular formula is C16H14ClFN2. The van der Waals surface area contributed by atoms with Crippen molar-refractivity contribution in [2.45, 2.75) is 19.4 Å². The average molecular weight is 289 g/mol. The normalized spacial score (nSPS) is 11.7. The largest absolute Gasteiger partial charge is 0.381 e. The van der Waals surface area contributed by atoms with Gasteiger partial charge in [0.05, 0.1) is 22.3 Å². The van der Waals surface area contributed by atoms with E-state index in [2.05, 4.69) is 5.32 Å². The second-order valence-corrected chi connectivity index (χ2v) is 5.09. The predicted octanol–water partition coefficient (Wildman–Crippen LogP) is 4.39. The summed E-state index contributed by atoms with van der Waals surface area (Å²) in [4.78, 5) is 0. The highest BCUT2D eigenvalue weighted by atomic mass is 35.5. The summed E-state index contributed by atoms with van der Waals surface area (Å²) < 4.78 is 13.1. The van der Waals surface area contributed by atoms with E-state index in [-0.39, 0.29) is 11.9 Å². The van der Waals surface area contributed by atoms with E-state index < -0.39 is 0 Å². The van der Waals surface area contributed by atoms with Crippen molar-refractivity contribution in [3.63, 3.8) is 0 Å². The minimum absolute atomic E-state index is 0.0993. The molecular weight excluding hydrogens is 275 g/mol. The maximum Gasteiger partial charge on any atom is 0.123 e. The minimum atomic E-state index is -0.230. The fourth-order valence-corrected chi connectivity index (χ4v) is 2.27. The first-order valence-corrected chi connectivity index (χ1v) is 6.67. The van der Waals surface area contributed by atoms with Crippen LogP contribution in [0.5, 0.6) is 0 Å². The SMILES string of the molecule is CC(Cc1cccc(F)c1)Nc1ccc(C#N)cc1Cl. The lowest BCUT2D eigenvalue weighted by atomic mass is 10.1. The maximum atomic E-state index is 13.1. The van der Waals surface area contributed by atoms with Gasteiger partial charge in [-0.25, -0.2) is 4.39 Å². The van der Waals surface area contributed by atoms with E-state index in [4.69, 9.17) is 16.9 Å². The third-order valence-corrected chi connectivity index (χ3v) is 3.24. The van der Waals surface area contributed by atoms with E-state index in [0.717, 1.165) is 11.3 Å². The molecule has 1 atom stereocenters. The van der Waals surface area contributed by atoms with E-state index in [1.165, 1.54) is 12.1 Å². The standard InChI is InChI=1S/C16H14ClFN2/c1-11(7-12-3-2-4-14(18)8-12)20-16-6-5-13(10-19)9-15(16)17/h2-6,8-9,11,20H,7H2,1H3. The van der Waals surface area contributed by atoms with Crippen LogP contribution in [0.25, 0.3) is 0 Å². The molecule has 0 aliphatic rings. The van der Waals surface area contributed by atoms with Crippen LogP contribution in [-0.2, 0) is 6.42 Å². The zero-order valence-electron chi connectivity index (χ0n) is 11.0. The number of benzene rings is 2. The summed E-state index contributed by atoms with van der Waals surface area (Å²) in [5.41, 5.74) is 2.22. The molecule has 0 saturated carbocycles. The number of halogens is 2. The monoisotopic (exact) mass is 288 g/mol. The van der Waals surface area contributed by atoms with Crippen molar-refractivity contribution in [1.29, 1.82) is 5.26 Å². The smallest absolute Gasteiger partial charge is 0.123 e. The Balaban J connectivity index is 2.05. The molecule has 0 heterocycles. The zero-order valence-corrected chi connectivity index (χ0v) is 11.8. The Morgan fingerprint density at radius 1 is 1.30 bits per heavy atom. The first-order chi connectivity index (χ1) is 9.58. The number of nitrogens with zero attached hydrogens (tertiary/aromatic N) is 1. The van der Waals surface area contributed by atoms with Gasteiger partial charge in [0.2, 0.25) is 0 Å². The molecule has 0 aliphatic carbocycles. The summed E-state index contributed by atoms with van der Waals surface area (Å²) in [7, 11) is 0. The van der Waals surface area contributed by atoms with Crippen LogP contribution < -0.4 is 5.32 Å². The number of hydrogen-bond acceptors (Lipinski definition) is 2. The molecule has 1 N–H and O–H groups in total. The number of hydrogen-bond donors (Lipinski definition) is 1. The molecule has 0 radical (unpaired) electrons. The van der Waals surface area contributed by atoms with Crippen LogP contribution in [0.15, 0.2) is 42.5 Å². The van der Waals surface area contributed by atoms with E-state index in [9.17, 15) is 4.39 Å². The third-order valence-electron chi connectivity index (χ3n) is 2.93. The number of anilines is 1. The first-order valence-electron chi connectivity index (χ1n) is 6.29. The third kappa shape index (κ3) is 3.72. The summed E-state index contributed by atoms with van der Waals surface area (Å²) in [5, 5.41) is 12.6. The van der Waals surface area contributed by atoms with Gasteiger partial charge in [0, 0.05) is 6.04 Å². The van der Waals surface area contributed by atoms with Crippen LogP contribution in [0.2, 0.25) is 5.02 Å². The van der Waals surface area contributed by atoms with Crippen molar-refractivity contribution in [2.24, 2.45) is 0 Å². The van der Waals surface area contributed by atoms with E-state index in [1.54, 1.807) is 24.3 Å². The quantitative estimate of drug-likeness (QED) is 0.905. The van der Waals surface area contributed by atoms with E-state index in [0.29, 0.717) is 17.0 Å². The fraction of sp³-hybridized carbons (Fsp3) is 0.188. The first kappa shape index (κ1) is 14.4. The van der Waals surface area contributed by atoms with Crippen LogP contribution in [0.3, 0.4) is 0 Å². The van der Waals surface area contributed by atoms with Crippen LogP contribution in [0, 0.1) is 17.1 Å². The second kappa shape index (κ2) is 6.40. The van der Waals surface area contributed by atoms with Gasteiger partial charge in [-0.1, -0.05) is 23.7 Å². The summed E-state index contributed by atoms with van der Waals surface area (Å²) in [6.07, 6.45) is 0.689. The molecule has 0 amide bonds. The van der Waals surface area contributed by atoms with Gasteiger partial charge in [-0.3, -0.25) is 0 Å². The van der Waals surface area contributed by atoms with Crippen molar-refractivity contribution < 1.29 is 4.39 Å². The number of nitrogens with one attached hydrogen (secondary N) is 1. The van der Waals surface area contributed by atoms with Gasteiger partial charge in [0.1, 0.15) is 5.82 Å². The summed E-state index contributed by atoms with van der Waals surface area (Å²) in [5.74, 6) is -0.230. The molecule has 2 rings (SSSR count). The summed E-state index contributed by atoms with van der Waals surface area (Å²) in [6.45, 7) is 2.00. The molecule has 0 aliphatic heterocycles. The molecule has 102 valence electrons. The van der Waals surface area contributed by atoms with Gasteiger partial charge in [0.15, 0.2) is 0 Å². The molecule has 0 spiro atoms. The fourth-order valence-electron chi connectivity index (χ4n) is 2.04. The molecule has 20 heavy (non-hydrogen) atoms. The van der Waals surface area contributed by atoms with Crippen molar-refractivity contribution in [1.82, 2.24) is 0 Å². The molecule has 0 aromatic heterocycles. The molecule has 1 unspecified atom stereocenters. The Labute approximate surface area is 122 Å². The Morgan fingerprint density at radius 3 is 2.75 bits per heavy atom. The van der Waals surface area contributed by atoms with Crippen molar-refractivity contribution >= 4 is 17.3 Å². The number of rotatable bonds is 4. The van der Waals surface area contributed by atoms with Crippen molar-refractivity contribution in [3.05, 3.63) is 64.4 Å². The average Bonchev–Trinajstić information content (AvgIpc) is 2.41. The van der Waals surface area contributed by atoms with Gasteiger partial charge < -0.3 is 5.32 Å². The highest BCUT2D eigenvalue weighted by Crippen LogP contribution is 2.24. The van der Waals surface area contributed by atoms with Gasteiger partial charge in [-0.15, -0.1) is 0 Å². The van der Waals surface area contributed by atoms with Crippen molar-refractivity contribution in [3.8, 4) is 6.07 Å². The zero-order chi connectivity index (χ0) is 14.5. The molecule has 2 aromatic rings. The highest BCUT2D eigenvalue weighted by molar-refractivity contribution is 6.33. The minimum Gasteiger partial charge on any atom is -0.381 e. The van der Waals surface area contributed by atoms with Crippen LogP contribution in [-0.4, -0.2) is 6.04 Å². The number of nitriles is 1. The van der Waals surface area contributed by atoms with Gasteiger partial charge in [-0.2, -0.15) is 5.26 Å². The lowest BCUT2D eigenvalue weighted by Gasteiger charge is -2.16. The molecule has 2 nitrogen and oxygen atoms in total. The van der Waals surface area contributed by atoms with E-state index in [1.807, 2.05) is 19.1 Å². The van der Waals surface area contributed by atoms with Crippen LogP contribution >= 0.6 is 11.6 Å². The maximum absolute atomic E-state index is 13.1. The Kier molecular flexibility index (Phi) is 4.60. The molecule has 0 fully saturated rings. The van der Waals surface area contributed by atoms with Gasteiger partial charge in [-0.05, 0) is 49.2 Å². The summed E-state index contributed by atoms with van der Waals surface area (Å²) >= 11 is 6.11. The van der Waals surface area contributed by atoms with Crippen LogP contribution in [0.4, 0.5) is 10.1 Å². The van der Waals surface area contributed by atoms with Crippen LogP contribution in [0.1, 0.15) is 18.1 Å². The molecule has 0 bridgehead atoms. The topological polar surface area (TPSA) is 35.8 Å². The second-order valence-electron chi connectivity index (χ2n) is 4.69.